The first kappa shape index (κ1) is 14.5. The van der Waals surface area contributed by atoms with Gasteiger partial charge < -0.3 is 10.1 Å². The van der Waals surface area contributed by atoms with Gasteiger partial charge in [-0.15, -0.1) is 0 Å². The van der Waals surface area contributed by atoms with Gasteiger partial charge >= 0.3 is 0 Å². The quantitative estimate of drug-likeness (QED) is 0.892. The molecule has 0 fully saturated rings. The number of hydrogen-bond acceptors (Lipinski definition) is 2. The van der Waals surface area contributed by atoms with Crippen LogP contribution in [0.15, 0.2) is 48.5 Å². The third kappa shape index (κ3) is 2.99. The molecule has 0 spiro atoms. The van der Waals surface area contributed by atoms with E-state index in [0.29, 0.717) is 0 Å². The molecule has 0 aliphatic heterocycles. The van der Waals surface area contributed by atoms with Crippen molar-refractivity contribution in [1.29, 1.82) is 0 Å². The summed E-state index contributed by atoms with van der Waals surface area (Å²) in [5.74, 6) is 0.190. The zero-order chi connectivity index (χ0) is 14.5. The van der Waals surface area contributed by atoms with E-state index in [4.69, 9.17) is 4.74 Å². The Morgan fingerprint density at radius 3 is 2.30 bits per heavy atom. The molecule has 0 aromatic heterocycles. The van der Waals surface area contributed by atoms with Crippen LogP contribution in [0.25, 0.3) is 0 Å². The van der Waals surface area contributed by atoms with Gasteiger partial charge in [0.1, 0.15) is 0 Å². The minimum Gasteiger partial charge on any atom is -0.494 e. The smallest absolute Gasteiger partial charge is 0.165 e. The van der Waals surface area contributed by atoms with Crippen molar-refractivity contribution in [3.8, 4) is 5.75 Å². The highest BCUT2D eigenvalue weighted by atomic mass is 19.1. The molecule has 2 aromatic carbocycles. The van der Waals surface area contributed by atoms with Gasteiger partial charge in [0.2, 0.25) is 0 Å². The monoisotopic (exact) mass is 273 g/mol. The zero-order valence-corrected chi connectivity index (χ0v) is 12.1. The second-order valence-electron chi connectivity index (χ2n) is 4.86. The first-order valence-corrected chi connectivity index (χ1v) is 6.73. The van der Waals surface area contributed by atoms with Gasteiger partial charge in [-0.1, -0.05) is 43.3 Å². The number of nitrogens with one attached hydrogen (secondary N) is 1. The minimum atomic E-state index is -0.328. The Kier molecular flexibility index (Phi) is 4.74. The summed E-state index contributed by atoms with van der Waals surface area (Å²) in [4.78, 5) is 0. The molecule has 0 aliphatic carbocycles. The third-order valence-corrected chi connectivity index (χ3v) is 3.67. The zero-order valence-electron chi connectivity index (χ0n) is 12.1. The second-order valence-corrected chi connectivity index (χ2v) is 4.86. The maximum absolute atomic E-state index is 13.9. The standard InChI is InChI=1S/C17H20FNO/c1-12(13-7-5-4-6-8-13)17(19-2)14-9-10-16(20-3)15(18)11-14/h4-12,17,19H,1-3H3. The van der Waals surface area contributed by atoms with Crippen LogP contribution in [0.1, 0.15) is 30.0 Å². The Bertz CT molecular complexity index is 556. The Balaban J connectivity index is 2.30. The predicted molar refractivity (Wildman–Crippen MR) is 79.6 cm³/mol. The van der Waals surface area contributed by atoms with Crippen LogP contribution in [0.4, 0.5) is 4.39 Å². The van der Waals surface area contributed by atoms with Crippen LogP contribution in [0.5, 0.6) is 5.75 Å². The van der Waals surface area contributed by atoms with Crippen LogP contribution in [-0.2, 0) is 0 Å². The molecule has 0 saturated carbocycles. The normalized spacial score (nSPS) is 13.8. The van der Waals surface area contributed by atoms with Gasteiger partial charge in [0.05, 0.1) is 7.11 Å². The molecule has 0 radical (unpaired) electrons. The predicted octanol–water partition coefficient (Wildman–Crippen LogP) is 3.90. The molecule has 2 aromatic rings. The van der Waals surface area contributed by atoms with E-state index in [0.717, 1.165) is 5.56 Å². The van der Waals surface area contributed by atoms with Gasteiger partial charge in [0, 0.05) is 12.0 Å². The molecule has 20 heavy (non-hydrogen) atoms. The van der Waals surface area contributed by atoms with Crippen molar-refractivity contribution in [2.24, 2.45) is 0 Å². The molecule has 3 heteroatoms. The molecule has 0 amide bonds. The van der Waals surface area contributed by atoms with E-state index >= 15 is 0 Å². The molecule has 2 rings (SSSR count). The summed E-state index contributed by atoms with van der Waals surface area (Å²) in [6.45, 7) is 2.14. The van der Waals surface area contributed by atoms with Crippen LogP contribution >= 0.6 is 0 Å². The fourth-order valence-corrected chi connectivity index (χ4v) is 2.53. The summed E-state index contributed by atoms with van der Waals surface area (Å²) in [6.07, 6.45) is 0. The van der Waals surface area contributed by atoms with Gasteiger partial charge in [-0.3, -0.25) is 0 Å². The van der Waals surface area contributed by atoms with Crippen molar-refractivity contribution in [3.63, 3.8) is 0 Å². The van der Waals surface area contributed by atoms with Crippen molar-refractivity contribution >= 4 is 0 Å². The van der Waals surface area contributed by atoms with E-state index in [9.17, 15) is 4.39 Å². The van der Waals surface area contributed by atoms with Crippen LogP contribution < -0.4 is 10.1 Å². The van der Waals surface area contributed by atoms with Gasteiger partial charge in [-0.25, -0.2) is 4.39 Å². The summed E-state index contributed by atoms with van der Waals surface area (Å²) in [6, 6.07) is 15.4. The lowest BCUT2D eigenvalue weighted by Crippen LogP contribution is -2.22. The average Bonchev–Trinajstić information content (AvgIpc) is 2.49. The Hall–Kier alpha value is -1.87. The summed E-state index contributed by atoms with van der Waals surface area (Å²) in [5, 5.41) is 3.27. The number of ether oxygens (including phenoxy) is 1. The molecule has 2 atom stereocenters. The fraction of sp³-hybridized carbons (Fsp3) is 0.294. The molecule has 0 heterocycles. The first-order chi connectivity index (χ1) is 9.67. The average molecular weight is 273 g/mol. The SMILES string of the molecule is CNC(c1ccc(OC)c(F)c1)C(C)c1ccccc1. The Morgan fingerprint density at radius 2 is 1.75 bits per heavy atom. The lowest BCUT2D eigenvalue weighted by Gasteiger charge is -2.24. The highest BCUT2D eigenvalue weighted by molar-refractivity contribution is 5.33. The van der Waals surface area contributed by atoms with Crippen molar-refractivity contribution in [2.75, 3.05) is 14.2 Å². The molecule has 0 aliphatic rings. The van der Waals surface area contributed by atoms with Crippen LogP contribution in [0, 0.1) is 5.82 Å². The third-order valence-electron chi connectivity index (χ3n) is 3.67. The Morgan fingerprint density at radius 1 is 1.05 bits per heavy atom. The molecule has 2 nitrogen and oxygen atoms in total. The van der Waals surface area contributed by atoms with Crippen molar-refractivity contribution in [3.05, 3.63) is 65.5 Å². The van der Waals surface area contributed by atoms with E-state index in [2.05, 4.69) is 24.4 Å². The van der Waals surface area contributed by atoms with E-state index in [-0.39, 0.29) is 23.5 Å². The maximum atomic E-state index is 13.9. The number of hydrogen-bond donors (Lipinski definition) is 1. The summed E-state index contributed by atoms with van der Waals surface area (Å²) in [7, 11) is 3.37. The summed E-state index contributed by atoms with van der Waals surface area (Å²) >= 11 is 0. The van der Waals surface area contributed by atoms with Crippen LogP contribution in [0.2, 0.25) is 0 Å². The van der Waals surface area contributed by atoms with E-state index in [1.807, 2.05) is 31.3 Å². The molecule has 1 N–H and O–H groups in total. The second kappa shape index (κ2) is 6.53. The first-order valence-electron chi connectivity index (χ1n) is 6.73. The topological polar surface area (TPSA) is 21.3 Å². The van der Waals surface area contributed by atoms with Gasteiger partial charge in [0.25, 0.3) is 0 Å². The molecule has 106 valence electrons. The molecule has 0 bridgehead atoms. The number of likely N-dealkylation sites (N-methyl/N-ethyl adjacent to an activating group) is 1. The summed E-state index contributed by atoms with van der Waals surface area (Å²) < 4.78 is 18.8. The summed E-state index contributed by atoms with van der Waals surface area (Å²) in [5.41, 5.74) is 2.14. The van der Waals surface area contributed by atoms with E-state index in [1.54, 1.807) is 12.1 Å². The Labute approximate surface area is 119 Å². The van der Waals surface area contributed by atoms with Crippen LogP contribution in [-0.4, -0.2) is 14.2 Å². The lowest BCUT2D eigenvalue weighted by molar-refractivity contribution is 0.385. The molecule has 2 unspecified atom stereocenters. The fourth-order valence-electron chi connectivity index (χ4n) is 2.53. The molecular formula is C17H20FNO. The number of methoxy groups -OCH3 is 1. The van der Waals surface area contributed by atoms with Gasteiger partial charge in [0.15, 0.2) is 11.6 Å². The molecule has 0 saturated heterocycles. The van der Waals surface area contributed by atoms with Gasteiger partial charge in [-0.05, 0) is 30.3 Å². The molecular weight excluding hydrogens is 253 g/mol. The van der Waals surface area contributed by atoms with Crippen molar-refractivity contribution < 1.29 is 9.13 Å². The van der Waals surface area contributed by atoms with Gasteiger partial charge in [-0.2, -0.15) is 0 Å². The number of halogens is 1. The number of benzene rings is 2. The van der Waals surface area contributed by atoms with Crippen molar-refractivity contribution in [1.82, 2.24) is 5.32 Å². The van der Waals surface area contributed by atoms with Crippen LogP contribution in [0.3, 0.4) is 0 Å². The number of rotatable bonds is 5. The van der Waals surface area contributed by atoms with E-state index in [1.165, 1.54) is 12.7 Å². The maximum Gasteiger partial charge on any atom is 0.165 e. The minimum absolute atomic E-state index is 0.0535. The van der Waals surface area contributed by atoms with E-state index < -0.39 is 0 Å². The van der Waals surface area contributed by atoms with Crippen molar-refractivity contribution in [2.45, 2.75) is 18.9 Å². The lowest BCUT2D eigenvalue weighted by atomic mass is 9.88. The highest BCUT2D eigenvalue weighted by Gasteiger charge is 2.20. The highest BCUT2D eigenvalue weighted by Crippen LogP contribution is 2.32. The largest absolute Gasteiger partial charge is 0.494 e.